The number of esters is 1. The molecule has 0 aliphatic carbocycles. The van der Waals surface area contributed by atoms with Crippen LogP contribution in [0.25, 0.3) is 11.1 Å². The minimum atomic E-state index is -0.373. The van der Waals surface area contributed by atoms with Gasteiger partial charge in [-0.05, 0) is 66.4 Å². The van der Waals surface area contributed by atoms with Crippen LogP contribution in [-0.4, -0.2) is 24.1 Å². The molecule has 0 saturated heterocycles. The number of aromatic nitrogens is 1. The van der Waals surface area contributed by atoms with Crippen LogP contribution in [0, 0.1) is 13.8 Å². The molecule has 0 fully saturated rings. The average Bonchev–Trinajstić information content (AvgIpc) is 2.70. The molecule has 0 saturated carbocycles. The van der Waals surface area contributed by atoms with E-state index in [-0.39, 0.29) is 12.0 Å². The minimum Gasteiger partial charge on any atom is -0.465 e. The molecule has 0 aliphatic heterocycles. The number of nitrogens with one attached hydrogen (secondary N) is 2. The van der Waals surface area contributed by atoms with Crippen molar-refractivity contribution in [3.05, 3.63) is 77.6 Å². The second kappa shape index (κ2) is 8.35. The standard InChI is InChI=1S/C22H21N3O3/c1-14-4-5-17(21(26)28-3)12-19(14)16-6-8-18(9-7-16)24-22(27)25-20-10-11-23-13-15(20)2/h4-13H,1-3H3,(H2,23,24,25,27). The molecule has 3 rings (SSSR count). The Kier molecular flexibility index (Phi) is 5.69. The van der Waals surface area contributed by atoms with Crippen LogP contribution in [0.2, 0.25) is 0 Å². The number of carbonyl (C=O) groups is 2. The van der Waals surface area contributed by atoms with Crippen LogP contribution in [-0.2, 0) is 4.74 Å². The van der Waals surface area contributed by atoms with Crippen molar-refractivity contribution in [1.29, 1.82) is 0 Å². The van der Waals surface area contributed by atoms with E-state index in [1.165, 1.54) is 7.11 Å². The van der Waals surface area contributed by atoms with Gasteiger partial charge in [0.15, 0.2) is 0 Å². The SMILES string of the molecule is COC(=O)c1ccc(C)c(-c2ccc(NC(=O)Nc3ccncc3C)cc2)c1. The summed E-state index contributed by atoms with van der Waals surface area (Å²) in [6.07, 6.45) is 3.32. The largest absolute Gasteiger partial charge is 0.465 e. The topological polar surface area (TPSA) is 80.3 Å². The predicted octanol–water partition coefficient (Wildman–Crippen LogP) is 4.80. The van der Waals surface area contributed by atoms with Gasteiger partial charge in [0.1, 0.15) is 0 Å². The van der Waals surface area contributed by atoms with E-state index in [9.17, 15) is 9.59 Å². The van der Waals surface area contributed by atoms with Gasteiger partial charge >= 0.3 is 12.0 Å². The first-order chi connectivity index (χ1) is 13.5. The van der Waals surface area contributed by atoms with Gasteiger partial charge in [-0.1, -0.05) is 18.2 Å². The fourth-order valence-corrected chi connectivity index (χ4v) is 2.81. The van der Waals surface area contributed by atoms with Crippen molar-refractivity contribution in [3.63, 3.8) is 0 Å². The molecule has 28 heavy (non-hydrogen) atoms. The Morgan fingerprint density at radius 2 is 1.68 bits per heavy atom. The number of carbonyl (C=O) groups excluding carboxylic acids is 2. The van der Waals surface area contributed by atoms with Crippen LogP contribution in [0.4, 0.5) is 16.2 Å². The van der Waals surface area contributed by atoms with Gasteiger partial charge in [-0.25, -0.2) is 9.59 Å². The minimum absolute atomic E-state index is 0.328. The van der Waals surface area contributed by atoms with E-state index in [1.807, 2.05) is 50.2 Å². The average molecular weight is 375 g/mol. The molecule has 0 unspecified atom stereocenters. The molecule has 0 bridgehead atoms. The van der Waals surface area contributed by atoms with Gasteiger partial charge in [-0.3, -0.25) is 4.98 Å². The molecule has 0 radical (unpaired) electrons. The van der Waals surface area contributed by atoms with Crippen LogP contribution in [0.15, 0.2) is 60.9 Å². The Hall–Kier alpha value is -3.67. The van der Waals surface area contributed by atoms with E-state index < -0.39 is 0 Å². The maximum atomic E-state index is 12.2. The maximum absolute atomic E-state index is 12.2. The first kappa shape index (κ1) is 19.1. The quantitative estimate of drug-likeness (QED) is 0.642. The summed E-state index contributed by atoms with van der Waals surface area (Å²) in [4.78, 5) is 28.0. The van der Waals surface area contributed by atoms with E-state index >= 15 is 0 Å². The summed E-state index contributed by atoms with van der Waals surface area (Å²) in [5.41, 5.74) is 5.67. The lowest BCUT2D eigenvalue weighted by atomic mass is 9.98. The first-order valence-electron chi connectivity index (χ1n) is 8.76. The number of pyridine rings is 1. The summed E-state index contributed by atoms with van der Waals surface area (Å²) in [6, 6.07) is 14.3. The van der Waals surface area contributed by atoms with Crippen molar-refractivity contribution in [2.75, 3.05) is 17.7 Å². The summed E-state index contributed by atoms with van der Waals surface area (Å²) in [5.74, 6) is -0.373. The second-order valence-corrected chi connectivity index (χ2v) is 6.37. The Labute approximate surface area is 163 Å². The molecule has 142 valence electrons. The van der Waals surface area contributed by atoms with Crippen LogP contribution < -0.4 is 10.6 Å². The lowest BCUT2D eigenvalue weighted by Gasteiger charge is -2.11. The first-order valence-corrected chi connectivity index (χ1v) is 8.76. The summed E-state index contributed by atoms with van der Waals surface area (Å²) < 4.78 is 4.79. The highest BCUT2D eigenvalue weighted by Crippen LogP contribution is 2.26. The van der Waals surface area contributed by atoms with E-state index in [2.05, 4.69) is 15.6 Å². The number of urea groups is 1. The Morgan fingerprint density at radius 3 is 2.36 bits per heavy atom. The van der Waals surface area contributed by atoms with Crippen molar-refractivity contribution < 1.29 is 14.3 Å². The van der Waals surface area contributed by atoms with E-state index in [0.717, 1.165) is 22.3 Å². The zero-order valence-corrected chi connectivity index (χ0v) is 15.9. The lowest BCUT2D eigenvalue weighted by molar-refractivity contribution is 0.0600. The molecule has 0 spiro atoms. The third kappa shape index (κ3) is 4.35. The Balaban J connectivity index is 1.74. The molecule has 0 atom stereocenters. The Morgan fingerprint density at radius 1 is 0.929 bits per heavy atom. The zero-order chi connectivity index (χ0) is 20.1. The summed E-state index contributed by atoms with van der Waals surface area (Å²) >= 11 is 0. The number of rotatable bonds is 4. The van der Waals surface area contributed by atoms with E-state index in [4.69, 9.17) is 4.74 Å². The molecule has 2 aromatic carbocycles. The molecule has 6 nitrogen and oxygen atoms in total. The number of anilines is 2. The number of nitrogens with zero attached hydrogens (tertiary/aromatic N) is 1. The molecule has 1 aromatic heterocycles. The zero-order valence-electron chi connectivity index (χ0n) is 15.9. The number of hydrogen-bond acceptors (Lipinski definition) is 4. The van der Waals surface area contributed by atoms with Gasteiger partial charge in [-0.15, -0.1) is 0 Å². The summed E-state index contributed by atoms with van der Waals surface area (Å²) in [6.45, 7) is 3.86. The summed E-state index contributed by atoms with van der Waals surface area (Å²) in [7, 11) is 1.36. The smallest absolute Gasteiger partial charge is 0.337 e. The lowest BCUT2D eigenvalue weighted by Crippen LogP contribution is -2.19. The van der Waals surface area contributed by atoms with Crippen LogP contribution in [0.3, 0.4) is 0 Å². The van der Waals surface area contributed by atoms with Gasteiger partial charge in [0, 0.05) is 23.8 Å². The van der Waals surface area contributed by atoms with Gasteiger partial charge in [0.2, 0.25) is 0 Å². The monoisotopic (exact) mass is 375 g/mol. The van der Waals surface area contributed by atoms with Crippen LogP contribution in [0.5, 0.6) is 0 Å². The number of methoxy groups -OCH3 is 1. The maximum Gasteiger partial charge on any atom is 0.337 e. The van der Waals surface area contributed by atoms with E-state index in [0.29, 0.717) is 16.9 Å². The fraction of sp³-hybridized carbons (Fsp3) is 0.136. The highest BCUT2D eigenvalue weighted by molar-refractivity contribution is 6.00. The predicted molar refractivity (Wildman–Crippen MR) is 110 cm³/mol. The molecular weight excluding hydrogens is 354 g/mol. The van der Waals surface area contributed by atoms with Gasteiger partial charge in [-0.2, -0.15) is 0 Å². The van der Waals surface area contributed by atoms with Gasteiger partial charge in [0.25, 0.3) is 0 Å². The molecule has 6 heteroatoms. The molecule has 0 aliphatic rings. The van der Waals surface area contributed by atoms with Crippen molar-refractivity contribution in [2.45, 2.75) is 13.8 Å². The number of amides is 2. The number of aryl methyl sites for hydroxylation is 2. The number of benzene rings is 2. The van der Waals surface area contributed by atoms with Gasteiger partial charge in [0.05, 0.1) is 12.7 Å². The third-order valence-corrected chi connectivity index (χ3v) is 4.38. The third-order valence-electron chi connectivity index (χ3n) is 4.38. The highest BCUT2D eigenvalue weighted by atomic mass is 16.5. The highest BCUT2D eigenvalue weighted by Gasteiger charge is 2.10. The van der Waals surface area contributed by atoms with Crippen LogP contribution in [0.1, 0.15) is 21.5 Å². The molecule has 2 amide bonds. The second-order valence-electron chi connectivity index (χ2n) is 6.37. The molecular formula is C22H21N3O3. The molecule has 2 N–H and O–H groups in total. The van der Waals surface area contributed by atoms with Crippen molar-refractivity contribution in [3.8, 4) is 11.1 Å². The van der Waals surface area contributed by atoms with Gasteiger partial charge < -0.3 is 15.4 Å². The molecule has 3 aromatic rings. The fourth-order valence-electron chi connectivity index (χ4n) is 2.81. The van der Waals surface area contributed by atoms with Crippen molar-refractivity contribution >= 4 is 23.4 Å². The van der Waals surface area contributed by atoms with Crippen LogP contribution >= 0.6 is 0 Å². The van der Waals surface area contributed by atoms with Crippen molar-refractivity contribution in [1.82, 2.24) is 4.98 Å². The normalized spacial score (nSPS) is 10.2. The molecule has 1 heterocycles. The number of ether oxygens (including phenoxy) is 1. The van der Waals surface area contributed by atoms with Crippen molar-refractivity contribution in [2.24, 2.45) is 0 Å². The number of hydrogen-bond donors (Lipinski definition) is 2. The summed E-state index contributed by atoms with van der Waals surface area (Å²) in [5, 5.41) is 5.60. The Bertz CT molecular complexity index is 1010. The van der Waals surface area contributed by atoms with E-state index in [1.54, 1.807) is 24.5 Å².